The molecule has 106 valence electrons. The summed E-state index contributed by atoms with van der Waals surface area (Å²) in [5.74, 6) is -1.01. The average molecular weight is 274 g/mol. The van der Waals surface area contributed by atoms with Gasteiger partial charge in [-0.05, 0) is 38.7 Å². The Bertz CT molecular complexity index is 420. The zero-order valence-corrected chi connectivity index (χ0v) is 11.0. The third kappa shape index (κ3) is 4.24. The summed E-state index contributed by atoms with van der Waals surface area (Å²) < 4.78 is 38.7. The largest absolute Gasteiger partial charge is 0.342 e. The lowest BCUT2D eigenvalue weighted by Crippen LogP contribution is -2.44. The third-order valence-corrected chi connectivity index (χ3v) is 2.93. The molecule has 0 aromatic heterocycles. The molecule has 3 nitrogen and oxygen atoms in total. The molecule has 0 saturated carbocycles. The van der Waals surface area contributed by atoms with Crippen LogP contribution in [0.3, 0.4) is 0 Å². The molecule has 1 rings (SSSR count). The van der Waals surface area contributed by atoms with Crippen molar-refractivity contribution in [2.45, 2.75) is 25.4 Å². The second-order valence-electron chi connectivity index (χ2n) is 4.51. The lowest BCUT2D eigenvalue weighted by molar-refractivity contribution is -0.127. The summed E-state index contributed by atoms with van der Waals surface area (Å²) in [5.41, 5.74) is 0.177. The Morgan fingerprint density at radius 2 is 1.74 bits per heavy atom. The molecule has 0 radical (unpaired) electrons. The van der Waals surface area contributed by atoms with Crippen molar-refractivity contribution >= 4 is 5.91 Å². The summed E-state index contributed by atoms with van der Waals surface area (Å²) in [6, 6.07) is 2.70. The molecule has 0 saturated heterocycles. The molecule has 1 aromatic rings. The number of benzene rings is 1. The molecule has 0 aliphatic rings. The highest BCUT2D eigenvalue weighted by Crippen LogP contribution is 2.21. The molecule has 0 spiro atoms. The van der Waals surface area contributed by atoms with E-state index in [1.807, 2.05) is 0 Å². The van der Waals surface area contributed by atoms with Gasteiger partial charge in [0.1, 0.15) is 11.9 Å². The number of nitrogens with zero attached hydrogens (tertiary/aromatic N) is 1. The van der Waals surface area contributed by atoms with E-state index in [1.54, 1.807) is 25.9 Å². The van der Waals surface area contributed by atoms with E-state index in [-0.39, 0.29) is 5.56 Å². The number of carbonyl (C=O) groups excluding carboxylic acids is 1. The van der Waals surface area contributed by atoms with Gasteiger partial charge >= 0.3 is 0 Å². The summed E-state index contributed by atoms with van der Waals surface area (Å²) in [5, 5.41) is 2.28. The molecule has 1 amide bonds. The van der Waals surface area contributed by atoms with Crippen molar-refractivity contribution in [1.29, 1.82) is 0 Å². The summed E-state index contributed by atoms with van der Waals surface area (Å²) in [4.78, 5) is 13.4. The molecule has 0 unspecified atom stereocenters. The van der Waals surface area contributed by atoms with Crippen molar-refractivity contribution in [2.75, 3.05) is 14.1 Å². The molecule has 0 bridgehead atoms. The Morgan fingerprint density at radius 3 is 2.16 bits per heavy atom. The van der Waals surface area contributed by atoms with E-state index in [9.17, 15) is 18.0 Å². The minimum atomic E-state index is -2.76. The van der Waals surface area contributed by atoms with Crippen LogP contribution in [0.4, 0.5) is 13.2 Å². The number of alkyl halides is 2. The highest BCUT2D eigenvalue weighted by molar-refractivity contribution is 5.81. The monoisotopic (exact) mass is 274 g/mol. The van der Waals surface area contributed by atoms with Crippen LogP contribution in [0.1, 0.15) is 18.5 Å². The minimum absolute atomic E-state index is 0.177. The molecule has 19 heavy (non-hydrogen) atoms. The van der Waals surface area contributed by atoms with Crippen LogP contribution in [0.2, 0.25) is 0 Å². The second kappa shape index (κ2) is 6.56. The molecular weight excluding hydrogens is 257 g/mol. The Morgan fingerprint density at radius 1 is 1.21 bits per heavy atom. The normalized spacial score (nSPS) is 14.5. The van der Waals surface area contributed by atoms with E-state index in [0.717, 1.165) is 12.1 Å². The van der Waals surface area contributed by atoms with Crippen molar-refractivity contribution in [2.24, 2.45) is 0 Å². The number of carbonyl (C=O) groups is 1. The van der Waals surface area contributed by atoms with E-state index in [1.165, 1.54) is 12.1 Å². The number of hydrogen-bond acceptors (Lipinski definition) is 2. The van der Waals surface area contributed by atoms with Crippen molar-refractivity contribution in [3.8, 4) is 0 Å². The van der Waals surface area contributed by atoms with Crippen molar-refractivity contribution < 1.29 is 18.0 Å². The van der Waals surface area contributed by atoms with Crippen LogP contribution >= 0.6 is 0 Å². The first-order valence-electron chi connectivity index (χ1n) is 5.83. The molecule has 0 heterocycles. The van der Waals surface area contributed by atoms with Crippen molar-refractivity contribution in [3.63, 3.8) is 0 Å². The van der Waals surface area contributed by atoms with Crippen LogP contribution in [-0.2, 0) is 4.79 Å². The Labute approximate surface area is 110 Å². The summed E-state index contributed by atoms with van der Waals surface area (Å²) in [6.07, 6.45) is -2.76. The van der Waals surface area contributed by atoms with Gasteiger partial charge in [-0.25, -0.2) is 13.2 Å². The lowest BCUT2D eigenvalue weighted by Gasteiger charge is -2.24. The van der Waals surface area contributed by atoms with Gasteiger partial charge in [-0.2, -0.15) is 0 Å². The van der Waals surface area contributed by atoms with Gasteiger partial charge in [0, 0.05) is 0 Å². The first-order valence-corrected chi connectivity index (χ1v) is 5.83. The number of amides is 1. The molecule has 0 fully saturated rings. The number of halogens is 3. The number of rotatable bonds is 5. The lowest BCUT2D eigenvalue weighted by atomic mass is 10.1. The van der Waals surface area contributed by atoms with Gasteiger partial charge in [0.15, 0.2) is 0 Å². The van der Waals surface area contributed by atoms with Gasteiger partial charge in [0.05, 0.1) is 6.04 Å². The van der Waals surface area contributed by atoms with Crippen LogP contribution in [0.15, 0.2) is 24.3 Å². The van der Waals surface area contributed by atoms with Crippen LogP contribution in [0.5, 0.6) is 0 Å². The third-order valence-electron chi connectivity index (χ3n) is 2.93. The van der Waals surface area contributed by atoms with E-state index in [4.69, 9.17) is 0 Å². The molecule has 1 aromatic carbocycles. The van der Waals surface area contributed by atoms with Crippen LogP contribution < -0.4 is 5.32 Å². The second-order valence-corrected chi connectivity index (χ2v) is 4.51. The highest BCUT2D eigenvalue weighted by Gasteiger charge is 2.26. The molecule has 0 aliphatic carbocycles. The van der Waals surface area contributed by atoms with Gasteiger partial charge < -0.3 is 5.32 Å². The van der Waals surface area contributed by atoms with E-state index >= 15 is 0 Å². The fourth-order valence-corrected chi connectivity index (χ4v) is 1.47. The Hall–Kier alpha value is -1.56. The predicted molar refractivity (Wildman–Crippen MR) is 66.4 cm³/mol. The van der Waals surface area contributed by atoms with Gasteiger partial charge in [-0.3, -0.25) is 9.69 Å². The maximum Gasteiger partial charge on any atom is 0.262 e. The van der Waals surface area contributed by atoms with Crippen LogP contribution in [-0.4, -0.2) is 37.4 Å². The summed E-state index contributed by atoms with van der Waals surface area (Å²) in [6.45, 7) is 1.61. The van der Waals surface area contributed by atoms with Crippen LogP contribution in [0.25, 0.3) is 0 Å². The fourth-order valence-electron chi connectivity index (χ4n) is 1.47. The topological polar surface area (TPSA) is 32.3 Å². The maximum absolute atomic E-state index is 13.0. The smallest absolute Gasteiger partial charge is 0.262 e. The summed E-state index contributed by atoms with van der Waals surface area (Å²) >= 11 is 0. The van der Waals surface area contributed by atoms with Crippen molar-refractivity contribution in [3.05, 3.63) is 35.6 Å². The molecule has 2 atom stereocenters. The van der Waals surface area contributed by atoms with E-state index < -0.39 is 30.2 Å². The Kier molecular flexibility index (Phi) is 5.35. The SMILES string of the molecule is C[C@H](C(=O)N[C@@H](c1ccc(F)cc1)C(F)F)N(C)C. The zero-order chi connectivity index (χ0) is 14.6. The van der Waals surface area contributed by atoms with E-state index in [2.05, 4.69) is 5.32 Å². The first kappa shape index (κ1) is 15.5. The maximum atomic E-state index is 13.0. The van der Waals surface area contributed by atoms with Gasteiger partial charge in [0.2, 0.25) is 5.91 Å². The molecule has 0 aliphatic heterocycles. The fraction of sp³-hybridized carbons (Fsp3) is 0.462. The first-order chi connectivity index (χ1) is 8.82. The number of hydrogen-bond donors (Lipinski definition) is 1. The predicted octanol–water partition coefficient (Wildman–Crippen LogP) is 2.20. The summed E-state index contributed by atoms with van der Waals surface area (Å²) in [7, 11) is 3.36. The van der Waals surface area contributed by atoms with Gasteiger partial charge in [-0.15, -0.1) is 0 Å². The quantitative estimate of drug-likeness (QED) is 0.892. The Balaban J connectivity index is 2.85. The van der Waals surface area contributed by atoms with Gasteiger partial charge in [0.25, 0.3) is 6.43 Å². The molecule has 6 heteroatoms. The minimum Gasteiger partial charge on any atom is -0.342 e. The zero-order valence-electron chi connectivity index (χ0n) is 11.0. The van der Waals surface area contributed by atoms with Crippen LogP contribution in [0, 0.1) is 5.82 Å². The average Bonchev–Trinajstić information content (AvgIpc) is 2.35. The van der Waals surface area contributed by atoms with Crippen molar-refractivity contribution in [1.82, 2.24) is 10.2 Å². The van der Waals surface area contributed by atoms with Gasteiger partial charge in [-0.1, -0.05) is 12.1 Å². The van der Waals surface area contributed by atoms with E-state index in [0.29, 0.717) is 0 Å². The highest BCUT2D eigenvalue weighted by atomic mass is 19.3. The molecular formula is C13H17F3N2O. The number of likely N-dealkylation sites (N-methyl/N-ethyl adjacent to an activating group) is 1. The standard InChI is InChI=1S/C13H17F3N2O/c1-8(18(2)3)13(19)17-11(12(15)16)9-4-6-10(14)7-5-9/h4-8,11-12H,1-3H3,(H,17,19)/t8-,11+/m1/s1. The number of nitrogens with one attached hydrogen (secondary N) is 1. The molecule has 1 N–H and O–H groups in total.